The van der Waals surface area contributed by atoms with E-state index in [0.29, 0.717) is 6.54 Å². The molecule has 3 aromatic rings. The van der Waals surface area contributed by atoms with Crippen LogP contribution in [0.25, 0.3) is 0 Å². The second-order valence-corrected chi connectivity index (χ2v) is 7.79. The lowest BCUT2D eigenvalue weighted by atomic mass is 9.80. The third-order valence-corrected chi connectivity index (χ3v) is 6.13. The van der Waals surface area contributed by atoms with Gasteiger partial charge in [0, 0.05) is 12.5 Å². The number of hydrogen-bond donors (Lipinski definition) is 1. The van der Waals surface area contributed by atoms with E-state index in [0.717, 1.165) is 30.2 Å². The number of halogens is 1. The number of aromatic hydroxyl groups is 1. The maximum atomic E-state index is 14.2. The molecule has 0 aliphatic carbocycles. The molecule has 2 aromatic carbocycles. The smallest absolute Gasteiger partial charge is 0.276 e. The average Bonchev–Trinajstić information content (AvgIpc) is 3.24. The zero-order valence-corrected chi connectivity index (χ0v) is 16.1. The Morgan fingerprint density at radius 3 is 2.60 bits per heavy atom. The summed E-state index contributed by atoms with van der Waals surface area (Å²) < 4.78 is 15.7. The average molecular weight is 405 g/mol. The lowest BCUT2D eigenvalue weighted by Crippen LogP contribution is -2.50. The van der Waals surface area contributed by atoms with Crippen LogP contribution in [0.15, 0.2) is 65.6 Å². The van der Waals surface area contributed by atoms with E-state index in [4.69, 9.17) is 0 Å². The minimum absolute atomic E-state index is 0.0945. The minimum atomic E-state index is -0.687. The van der Waals surface area contributed by atoms with Crippen molar-refractivity contribution >= 4 is 5.91 Å². The van der Waals surface area contributed by atoms with Crippen molar-refractivity contribution in [3.8, 4) is 5.75 Å². The molecule has 3 heterocycles. The van der Waals surface area contributed by atoms with Gasteiger partial charge in [0.25, 0.3) is 5.91 Å². The monoisotopic (exact) mass is 405 g/mol. The van der Waals surface area contributed by atoms with E-state index in [1.54, 1.807) is 11.0 Å². The summed E-state index contributed by atoms with van der Waals surface area (Å²) in [6, 6.07) is 15.5. The van der Waals surface area contributed by atoms with Gasteiger partial charge in [-0.2, -0.15) is 5.10 Å². The molecule has 1 amide bonds. The second-order valence-electron chi connectivity index (χ2n) is 7.79. The maximum absolute atomic E-state index is 14.2. The van der Waals surface area contributed by atoms with Crippen LogP contribution in [0, 0.1) is 5.82 Å². The standard InChI is InChI=1S/C23H20FN3O3/c24-16-9-4-8-15(12-16)19(14-6-2-1-3-7-14)20-17-10-5-11-26(17)23(30)21-22(29)18(28)13-25-27(20)21/h1-4,6-9,12-13,17,19-20,29H,5,10-11H2/t17-,19?,20-/m1/s1. The highest BCUT2D eigenvalue weighted by Crippen LogP contribution is 2.45. The number of hydrogen-bond acceptors (Lipinski definition) is 4. The zero-order chi connectivity index (χ0) is 20.8. The summed E-state index contributed by atoms with van der Waals surface area (Å²) in [5.74, 6) is -1.65. The molecule has 6 nitrogen and oxygen atoms in total. The predicted molar refractivity (Wildman–Crippen MR) is 108 cm³/mol. The largest absolute Gasteiger partial charge is 0.502 e. The Morgan fingerprint density at radius 1 is 1.07 bits per heavy atom. The molecular weight excluding hydrogens is 385 g/mol. The molecule has 152 valence electrons. The van der Waals surface area contributed by atoms with Gasteiger partial charge in [-0.05, 0) is 36.1 Å². The molecule has 1 N–H and O–H groups in total. The number of carbonyl (C=O) groups excluding carboxylic acids is 1. The molecule has 0 bridgehead atoms. The third-order valence-electron chi connectivity index (χ3n) is 6.13. The number of amides is 1. The van der Waals surface area contributed by atoms with Crippen LogP contribution in [0.1, 0.15) is 46.4 Å². The van der Waals surface area contributed by atoms with Gasteiger partial charge in [0.05, 0.1) is 18.3 Å². The van der Waals surface area contributed by atoms with Gasteiger partial charge in [0.2, 0.25) is 5.43 Å². The number of benzene rings is 2. The molecule has 0 spiro atoms. The molecule has 7 heteroatoms. The highest BCUT2D eigenvalue weighted by molar-refractivity contribution is 5.96. The molecule has 2 aliphatic heterocycles. The van der Waals surface area contributed by atoms with Crippen LogP contribution in [0.2, 0.25) is 0 Å². The summed E-state index contributed by atoms with van der Waals surface area (Å²) in [6.45, 7) is 0.549. The first-order valence-electron chi connectivity index (χ1n) is 9.98. The normalized spacial score (nSPS) is 21.2. The number of rotatable bonds is 3. The zero-order valence-electron chi connectivity index (χ0n) is 16.1. The quantitative estimate of drug-likeness (QED) is 0.727. The molecule has 1 unspecified atom stereocenters. The number of nitrogens with zero attached hydrogens (tertiary/aromatic N) is 3. The van der Waals surface area contributed by atoms with Gasteiger partial charge in [-0.3, -0.25) is 14.3 Å². The van der Waals surface area contributed by atoms with E-state index >= 15 is 0 Å². The van der Waals surface area contributed by atoms with E-state index < -0.39 is 17.2 Å². The molecule has 30 heavy (non-hydrogen) atoms. The number of carbonyl (C=O) groups is 1. The Kier molecular flexibility index (Phi) is 4.38. The van der Waals surface area contributed by atoms with Crippen LogP contribution in [-0.2, 0) is 0 Å². The summed E-state index contributed by atoms with van der Waals surface area (Å²) in [4.78, 5) is 26.8. The molecule has 2 aliphatic rings. The van der Waals surface area contributed by atoms with Gasteiger partial charge in [0.1, 0.15) is 5.82 Å². The minimum Gasteiger partial charge on any atom is -0.502 e. The third kappa shape index (κ3) is 2.81. The summed E-state index contributed by atoms with van der Waals surface area (Å²) in [7, 11) is 0. The SMILES string of the molecule is O=C1c2c(O)c(=O)cnn2[C@@H](C(c2ccccc2)c2cccc(F)c2)[C@H]2CCCN12. The van der Waals surface area contributed by atoms with Gasteiger partial charge in [-0.15, -0.1) is 0 Å². The number of aromatic nitrogens is 2. The Hall–Kier alpha value is -3.48. The van der Waals surface area contributed by atoms with E-state index in [1.165, 1.54) is 16.8 Å². The van der Waals surface area contributed by atoms with E-state index in [-0.39, 0.29) is 29.4 Å². The fraction of sp³-hybridized carbons (Fsp3) is 0.261. The van der Waals surface area contributed by atoms with Crippen LogP contribution in [0.4, 0.5) is 4.39 Å². The fourth-order valence-corrected chi connectivity index (χ4v) is 4.89. The Bertz CT molecular complexity index is 1180. The predicted octanol–water partition coefficient (Wildman–Crippen LogP) is 3.08. The highest BCUT2D eigenvalue weighted by atomic mass is 19.1. The van der Waals surface area contributed by atoms with E-state index in [9.17, 15) is 19.1 Å². The van der Waals surface area contributed by atoms with Crippen molar-refractivity contribution in [3.05, 3.63) is 93.7 Å². The molecule has 1 fully saturated rings. The highest BCUT2D eigenvalue weighted by Gasteiger charge is 2.48. The first kappa shape index (κ1) is 18.5. The summed E-state index contributed by atoms with van der Waals surface area (Å²) in [5, 5.41) is 14.7. The fourth-order valence-electron chi connectivity index (χ4n) is 4.89. The van der Waals surface area contributed by atoms with E-state index in [1.807, 2.05) is 36.4 Å². The lowest BCUT2D eigenvalue weighted by molar-refractivity contribution is 0.0565. The lowest BCUT2D eigenvalue weighted by Gasteiger charge is -2.42. The van der Waals surface area contributed by atoms with Crippen LogP contribution in [0.5, 0.6) is 5.75 Å². The summed E-state index contributed by atoms with van der Waals surface area (Å²) in [5.41, 5.74) is 0.912. The first-order valence-corrected chi connectivity index (χ1v) is 9.98. The van der Waals surface area contributed by atoms with Crippen LogP contribution in [-0.4, -0.2) is 38.3 Å². The van der Waals surface area contributed by atoms with Gasteiger partial charge in [-0.25, -0.2) is 4.39 Å². The van der Waals surface area contributed by atoms with Gasteiger partial charge < -0.3 is 10.0 Å². The molecule has 0 saturated carbocycles. The summed E-state index contributed by atoms with van der Waals surface area (Å²) >= 11 is 0. The van der Waals surface area contributed by atoms with Crippen LogP contribution >= 0.6 is 0 Å². The van der Waals surface area contributed by atoms with Crippen molar-refractivity contribution in [2.24, 2.45) is 0 Å². The Labute approximate surface area is 172 Å². The summed E-state index contributed by atoms with van der Waals surface area (Å²) in [6.07, 6.45) is 2.62. The van der Waals surface area contributed by atoms with Crippen LogP contribution < -0.4 is 5.43 Å². The van der Waals surface area contributed by atoms with Crippen molar-refractivity contribution in [3.63, 3.8) is 0 Å². The molecule has 1 saturated heterocycles. The molecule has 0 radical (unpaired) electrons. The van der Waals surface area contributed by atoms with Crippen molar-refractivity contribution < 1.29 is 14.3 Å². The maximum Gasteiger partial charge on any atom is 0.276 e. The van der Waals surface area contributed by atoms with Crippen molar-refractivity contribution in [1.82, 2.24) is 14.7 Å². The van der Waals surface area contributed by atoms with Crippen molar-refractivity contribution in [1.29, 1.82) is 0 Å². The van der Waals surface area contributed by atoms with E-state index in [2.05, 4.69) is 5.10 Å². The Balaban J connectivity index is 1.78. The van der Waals surface area contributed by atoms with Gasteiger partial charge >= 0.3 is 0 Å². The van der Waals surface area contributed by atoms with Gasteiger partial charge in [-0.1, -0.05) is 42.5 Å². The molecule has 3 atom stereocenters. The van der Waals surface area contributed by atoms with Crippen molar-refractivity contribution in [2.75, 3.05) is 6.54 Å². The molecular formula is C23H20FN3O3. The molecule has 1 aromatic heterocycles. The molecule has 5 rings (SSSR count). The second kappa shape index (κ2) is 7.09. The Morgan fingerprint density at radius 2 is 1.83 bits per heavy atom. The van der Waals surface area contributed by atoms with Crippen molar-refractivity contribution in [2.45, 2.75) is 30.8 Å². The van der Waals surface area contributed by atoms with Crippen LogP contribution in [0.3, 0.4) is 0 Å². The first-order chi connectivity index (χ1) is 14.6. The number of fused-ring (bicyclic) bond motifs is 2. The van der Waals surface area contributed by atoms with Gasteiger partial charge in [0.15, 0.2) is 11.4 Å². The topological polar surface area (TPSA) is 75.4 Å².